The molecule has 3 rings (SSSR count). The number of alkyl halides is 6. The average Bonchev–Trinajstić information content (AvgIpc) is 2.79. The van der Waals surface area contributed by atoms with Gasteiger partial charge in [-0.1, -0.05) is 6.07 Å². The summed E-state index contributed by atoms with van der Waals surface area (Å²) in [5, 5.41) is 9.55. The molecule has 198 valence electrons. The van der Waals surface area contributed by atoms with Crippen LogP contribution in [0.1, 0.15) is 27.7 Å². The number of carboxylic acids is 1. The summed E-state index contributed by atoms with van der Waals surface area (Å²) < 4.78 is 101. The number of aromatic amines is 1. The Morgan fingerprint density at radius 1 is 1.00 bits per heavy atom. The maximum Gasteiger partial charge on any atom is 0.573 e. The number of hydrogen-bond acceptors (Lipinski definition) is 5. The van der Waals surface area contributed by atoms with Gasteiger partial charge in [0.1, 0.15) is 11.5 Å². The Kier molecular flexibility index (Phi) is 8.92. The lowest BCUT2D eigenvalue weighted by atomic mass is 10.0. The van der Waals surface area contributed by atoms with Crippen LogP contribution >= 0.6 is 0 Å². The van der Waals surface area contributed by atoms with E-state index in [0.29, 0.717) is 12.1 Å². The van der Waals surface area contributed by atoms with E-state index in [0.717, 1.165) is 24.4 Å². The van der Waals surface area contributed by atoms with E-state index >= 15 is 0 Å². The van der Waals surface area contributed by atoms with Gasteiger partial charge in [-0.2, -0.15) is 13.2 Å². The Labute approximate surface area is 200 Å². The van der Waals surface area contributed by atoms with Crippen LogP contribution in [0.4, 0.5) is 35.1 Å². The van der Waals surface area contributed by atoms with Crippen LogP contribution in [0.5, 0.6) is 5.75 Å². The summed E-state index contributed by atoms with van der Waals surface area (Å²) in [5.74, 6) is -6.81. The van der Waals surface area contributed by atoms with Crippen molar-refractivity contribution in [1.29, 1.82) is 0 Å². The van der Waals surface area contributed by atoms with Crippen LogP contribution in [0.25, 0.3) is 0 Å². The Bertz CT molecular complexity index is 1300. The van der Waals surface area contributed by atoms with E-state index in [4.69, 9.17) is 9.90 Å². The Morgan fingerprint density at radius 3 is 2.14 bits per heavy atom. The van der Waals surface area contributed by atoms with E-state index in [-0.39, 0.29) is 16.8 Å². The number of H-pyrrole nitrogens is 1. The molecule has 1 atom stereocenters. The summed E-state index contributed by atoms with van der Waals surface area (Å²) in [7, 11) is 0. The van der Waals surface area contributed by atoms with Crippen molar-refractivity contribution in [2.75, 3.05) is 0 Å². The molecule has 2 aromatic heterocycles. The van der Waals surface area contributed by atoms with Crippen LogP contribution in [-0.2, 0) is 4.79 Å². The van der Waals surface area contributed by atoms with E-state index in [1.807, 2.05) is 0 Å². The van der Waals surface area contributed by atoms with Crippen molar-refractivity contribution in [3.63, 3.8) is 0 Å². The molecule has 1 amide bonds. The maximum absolute atomic E-state index is 14.3. The molecule has 0 saturated carbocycles. The van der Waals surface area contributed by atoms with Crippen molar-refractivity contribution < 1.29 is 54.6 Å². The molecule has 0 spiro atoms. The molecular formula is C21H13F8N3O5. The normalized spacial score (nSPS) is 12.1. The first-order chi connectivity index (χ1) is 17.1. The van der Waals surface area contributed by atoms with Crippen LogP contribution in [0, 0.1) is 11.6 Å². The third-order valence-electron chi connectivity index (χ3n) is 4.14. The number of amides is 1. The number of halogens is 8. The van der Waals surface area contributed by atoms with E-state index < -0.39 is 53.4 Å². The van der Waals surface area contributed by atoms with Gasteiger partial charge in [0.25, 0.3) is 5.91 Å². The number of aromatic nitrogens is 2. The molecule has 37 heavy (non-hydrogen) atoms. The van der Waals surface area contributed by atoms with Gasteiger partial charge in [0.2, 0.25) is 5.56 Å². The Morgan fingerprint density at radius 2 is 1.65 bits per heavy atom. The number of ether oxygens (including phenoxy) is 1. The smallest absolute Gasteiger partial charge is 0.475 e. The van der Waals surface area contributed by atoms with E-state index in [9.17, 15) is 44.7 Å². The number of benzene rings is 1. The minimum absolute atomic E-state index is 0.00781. The maximum atomic E-state index is 14.3. The van der Waals surface area contributed by atoms with Crippen molar-refractivity contribution in [2.45, 2.75) is 18.6 Å². The summed E-state index contributed by atoms with van der Waals surface area (Å²) >= 11 is 0. The van der Waals surface area contributed by atoms with Crippen LogP contribution in [0.2, 0.25) is 0 Å². The second-order valence-electron chi connectivity index (χ2n) is 6.76. The molecule has 3 aromatic rings. The number of rotatable bonds is 5. The molecule has 0 fully saturated rings. The fourth-order valence-electron chi connectivity index (χ4n) is 2.59. The first-order valence-electron chi connectivity index (χ1n) is 9.54. The van der Waals surface area contributed by atoms with Gasteiger partial charge in [-0.25, -0.2) is 13.6 Å². The van der Waals surface area contributed by atoms with E-state index in [2.05, 4.69) is 20.0 Å². The van der Waals surface area contributed by atoms with Gasteiger partial charge < -0.3 is 20.1 Å². The molecule has 0 aliphatic carbocycles. The number of carbonyl (C=O) groups is 2. The minimum Gasteiger partial charge on any atom is -0.475 e. The molecule has 1 unspecified atom stereocenters. The average molecular weight is 539 g/mol. The molecule has 0 bridgehead atoms. The van der Waals surface area contributed by atoms with Crippen LogP contribution in [-0.4, -0.2) is 39.5 Å². The van der Waals surface area contributed by atoms with Crippen molar-refractivity contribution in [3.8, 4) is 5.75 Å². The highest BCUT2D eigenvalue weighted by Crippen LogP contribution is 2.30. The lowest BCUT2D eigenvalue weighted by Crippen LogP contribution is -2.31. The lowest BCUT2D eigenvalue weighted by molar-refractivity contribution is -0.275. The Balaban J connectivity index is 0.000000604. The predicted molar refractivity (Wildman–Crippen MR) is 107 cm³/mol. The number of carboxylic acid groups (broad SMARTS) is 1. The van der Waals surface area contributed by atoms with Crippen LogP contribution in [0.3, 0.4) is 0 Å². The molecule has 0 radical (unpaired) electrons. The zero-order valence-electron chi connectivity index (χ0n) is 17.8. The number of nitrogens with zero attached hydrogens (tertiary/aromatic N) is 1. The fraction of sp³-hybridized carbons (Fsp3) is 0.143. The first-order valence-corrected chi connectivity index (χ1v) is 9.54. The largest absolute Gasteiger partial charge is 0.573 e. The lowest BCUT2D eigenvalue weighted by Gasteiger charge is -2.20. The van der Waals surface area contributed by atoms with Crippen molar-refractivity contribution in [3.05, 3.63) is 93.7 Å². The molecular weight excluding hydrogens is 526 g/mol. The highest BCUT2D eigenvalue weighted by molar-refractivity contribution is 5.94. The van der Waals surface area contributed by atoms with Crippen molar-refractivity contribution >= 4 is 11.9 Å². The molecule has 0 aliphatic rings. The van der Waals surface area contributed by atoms with Gasteiger partial charge in [-0.05, 0) is 35.9 Å². The third kappa shape index (κ3) is 8.59. The predicted octanol–water partition coefficient (Wildman–Crippen LogP) is 4.10. The zero-order chi connectivity index (χ0) is 28.0. The SMILES string of the molecule is O=C(NC(c1ccc(OC(F)(F)F)c(F)c1)c1ncccc1F)c1ccc(=O)[nH]c1.O=C(O)C(F)(F)F. The second kappa shape index (κ2) is 11.5. The van der Waals surface area contributed by atoms with Crippen LogP contribution in [0.15, 0.2) is 59.7 Å². The number of hydrogen-bond donors (Lipinski definition) is 3. The highest BCUT2D eigenvalue weighted by atomic mass is 19.4. The molecule has 2 heterocycles. The monoisotopic (exact) mass is 539 g/mol. The van der Waals surface area contributed by atoms with Crippen molar-refractivity contribution in [1.82, 2.24) is 15.3 Å². The quantitative estimate of drug-likeness (QED) is 0.420. The molecule has 16 heteroatoms. The van der Waals surface area contributed by atoms with Gasteiger partial charge in [0, 0.05) is 18.5 Å². The molecule has 8 nitrogen and oxygen atoms in total. The standard InChI is InChI=1S/C19H12F5N3O3.C2HF3O2/c20-12-2-1-7-25-17(12)16(27-18(29)11-4-6-15(28)26-9-11)10-3-5-14(13(21)8-10)30-19(22,23)24;3-2(4,5)1(6)7/h1-9,16H,(H,26,28)(H,27,29);(H,6,7). The zero-order valence-corrected chi connectivity index (χ0v) is 17.8. The fourth-order valence-corrected chi connectivity index (χ4v) is 2.59. The molecule has 0 saturated heterocycles. The number of carbonyl (C=O) groups excluding carboxylic acids is 1. The highest BCUT2D eigenvalue weighted by Gasteiger charge is 2.38. The summed E-state index contributed by atoms with van der Waals surface area (Å²) in [5.41, 5.74) is -0.828. The summed E-state index contributed by atoms with van der Waals surface area (Å²) in [6, 6.07) is 5.72. The van der Waals surface area contributed by atoms with E-state index in [1.54, 1.807) is 0 Å². The summed E-state index contributed by atoms with van der Waals surface area (Å²) in [6.07, 6.45) is -7.84. The molecule has 3 N–H and O–H groups in total. The minimum atomic E-state index is -5.10. The van der Waals surface area contributed by atoms with Gasteiger partial charge in [0.05, 0.1) is 11.6 Å². The Hall–Kier alpha value is -4.50. The van der Waals surface area contributed by atoms with Gasteiger partial charge in [-0.15, -0.1) is 13.2 Å². The van der Waals surface area contributed by atoms with Gasteiger partial charge in [-0.3, -0.25) is 14.6 Å². The van der Waals surface area contributed by atoms with Gasteiger partial charge >= 0.3 is 18.5 Å². The molecule has 1 aromatic carbocycles. The number of aliphatic carboxylic acids is 1. The summed E-state index contributed by atoms with van der Waals surface area (Å²) in [4.78, 5) is 38.7. The number of pyridine rings is 2. The number of nitrogens with one attached hydrogen (secondary N) is 2. The van der Waals surface area contributed by atoms with Crippen molar-refractivity contribution in [2.24, 2.45) is 0 Å². The summed E-state index contributed by atoms with van der Waals surface area (Å²) in [6.45, 7) is 0. The van der Waals surface area contributed by atoms with Crippen LogP contribution < -0.4 is 15.6 Å². The topological polar surface area (TPSA) is 121 Å². The van der Waals surface area contributed by atoms with Gasteiger partial charge in [0.15, 0.2) is 11.6 Å². The second-order valence-corrected chi connectivity index (χ2v) is 6.76. The van der Waals surface area contributed by atoms with E-state index in [1.165, 1.54) is 18.3 Å². The first kappa shape index (κ1) is 28.7. The molecule has 0 aliphatic heterocycles. The third-order valence-corrected chi connectivity index (χ3v) is 4.14.